The van der Waals surface area contributed by atoms with E-state index in [1.54, 1.807) is 0 Å². The van der Waals surface area contributed by atoms with Crippen LogP contribution in [0.2, 0.25) is 0 Å². The van der Waals surface area contributed by atoms with Crippen LogP contribution < -0.4 is 5.32 Å². The summed E-state index contributed by atoms with van der Waals surface area (Å²) in [5.74, 6) is 1.84. The summed E-state index contributed by atoms with van der Waals surface area (Å²) in [5, 5.41) is 5.88. The van der Waals surface area contributed by atoms with Crippen LogP contribution in [0.3, 0.4) is 0 Å². The highest BCUT2D eigenvalue weighted by Crippen LogP contribution is 2.29. The van der Waals surface area contributed by atoms with Crippen molar-refractivity contribution in [1.82, 2.24) is 15.1 Å². The zero-order chi connectivity index (χ0) is 20.1. The summed E-state index contributed by atoms with van der Waals surface area (Å²) in [6, 6.07) is 4.86. The maximum absolute atomic E-state index is 6.02. The van der Waals surface area contributed by atoms with E-state index < -0.39 is 0 Å². The minimum atomic E-state index is 0.154. The molecule has 29 heavy (non-hydrogen) atoms. The highest BCUT2D eigenvalue weighted by Gasteiger charge is 2.33. The molecule has 3 fully saturated rings. The van der Waals surface area contributed by atoms with E-state index in [0.717, 1.165) is 57.6 Å². The lowest BCUT2D eigenvalue weighted by molar-refractivity contribution is -0.0817. The molecule has 3 aliphatic rings. The minimum absolute atomic E-state index is 0.154. The Morgan fingerprint density at radius 2 is 2.03 bits per heavy atom. The number of likely N-dealkylation sites (tertiary alicyclic amines) is 1. The first-order valence-corrected chi connectivity index (χ1v) is 12.1. The summed E-state index contributed by atoms with van der Waals surface area (Å²) in [5.41, 5.74) is 0. The van der Waals surface area contributed by atoms with E-state index in [2.05, 4.69) is 44.5 Å². The van der Waals surface area contributed by atoms with Gasteiger partial charge in [0.15, 0.2) is 5.96 Å². The van der Waals surface area contributed by atoms with Gasteiger partial charge in [0.25, 0.3) is 0 Å². The molecule has 0 bridgehead atoms. The number of thiophene rings is 1. The van der Waals surface area contributed by atoms with Crippen LogP contribution in [0.4, 0.5) is 0 Å². The molecule has 0 aromatic carbocycles. The van der Waals surface area contributed by atoms with Crippen LogP contribution in [0, 0.1) is 5.92 Å². The van der Waals surface area contributed by atoms with Crippen LogP contribution in [0.1, 0.15) is 43.5 Å². The fraction of sp³-hybridized carbons (Fsp3) is 0.773. The monoisotopic (exact) mass is 420 g/mol. The van der Waals surface area contributed by atoms with Gasteiger partial charge in [-0.25, -0.2) is 0 Å². The van der Waals surface area contributed by atoms with Gasteiger partial charge >= 0.3 is 0 Å². The molecule has 0 radical (unpaired) electrons. The molecular formula is C22H36N4O2S. The summed E-state index contributed by atoms with van der Waals surface area (Å²) >= 11 is 1.87. The Bertz CT molecular complexity index is 639. The Balaban J connectivity index is 1.37. The molecule has 1 N–H and O–H groups in total. The van der Waals surface area contributed by atoms with Gasteiger partial charge < -0.3 is 19.7 Å². The van der Waals surface area contributed by atoms with Gasteiger partial charge in [-0.15, -0.1) is 11.3 Å². The summed E-state index contributed by atoms with van der Waals surface area (Å²) in [6.45, 7) is 8.98. The molecule has 3 unspecified atom stereocenters. The van der Waals surface area contributed by atoms with Crippen molar-refractivity contribution in [3.05, 3.63) is 22.4 Å². The summed E-state index contributed by atoms with van der Waals surface area (Å²) in [6.07, 6.45) is 5.24. The Hall–Kier alpha value is -1.15. The fourth-order valence-corrected chi connectivity index (χ4v) is 5.60. The number of hydrogen-bond donors (Lipinski definition) is 1. The Morgan fingerprint density at radius 3 is 2.72 bits per heavy atom. The molecule has 0 spiro atoms. The zero-order valence-corrected chi connectivity index (χ0v) is 18.7. The van der Waals surface area contributed by atoms with Gasteiger partial charge in [0.05, 0.1) is 18.8 Å². The average Bonchev–Trinajstić information content (AvgIpc) is 3.47. The minimum Gasteiger partial charge on any atom is -0.375 e. The largest absolute Gasteiger partial charge is 0.375 e. The van der Waals surface area contributed by atoms with Gasteiger partial charge in [0, 0.05) is 38.2 Å². The smallest absolute Gasteiger partial charge is 0.193 e. The van der Waals surface area contributed by atoms with Crippen LogP contribution in [0.5, 0.6) is 0 Å². The molecule has 4 heterocycles. The van der Waals surface area contributed by atoms with Gasteiger partial charge in [-0.3, -0.25) is 9.89 Å². The third-order valence-electron chi connectivity index (χ3n) is 6.57. The number of ether oxygens (including phenoxy) is 2. The highest BCUT2D eigenvalue weighted by molar-refractivity contribution is 7.10. The van der Waals surface area contributed by atoms with Gasteiger partial charge in [-0.1, -0.05) is 13.0 Å². The molecule has 1 aromatic rings. The predicted octanol–water partition coefficient (Wildman–Crippen LogP) is 2.98. The van der Waals surface area contributed by atoms with Crippen molar-refractivity contribution in [2.75, 3.05) is 53.0 Å². The topological polar surface area (TPSA) is 49.3 Å². The van der Waals surface area contributed by atoms with Crippen molar-refractivity contribution >= 4 is 17.3 Å². The third kappa shape index (κ3) is 5.32. The van der Waals surface area contributed by atoms with Gasteiger partial charge in [-0.05, 0) is 56.1 Å². The van der Waals surface area contributed by atoms with Crippen LogP contribution in [-0.4, -0.2) is 81.0 Å². The molecule has 162 valence electrons. The molecule has 0 saturated carbocycles. The van der Waals surface area contributed by atoms with Crippen molar-refractivity contribution in [3.8, 4) is 0 Å². The van der Waals surface area contributed by atoms with Crippen molar-refractivity contribution in [1.29, 1.82) is 0 Å². The zero-order valence-electron chi connectivity index (χ0n) is 17.9. The molecular weight excluding hydrogens is 384 g/mol. The first-order valence-electron chi connectivity index (χ1n) is 11.2. The van der Waals surface area contributed by atoms with Crippen molar-refractivity contribution in [2.45, 2.75) is 50.9 Å². The first kappa shape index (κ1) is 21.1. The van der Waals surface area contributed by atoms with E-state index in [4.69, 9.17) is 9.47 Å². The molecule has 6 nitrogen and oxygen atoms in total. The lowest BCUT2D eigenvalue weighted by Gasteiger charge is -2.39. The standard InChI is InChI=1S/C22H36N4O2S/c1-17-7-9-25(10-8-17)18(21-6-4-14-29-21)15-24-22(23-2)26-11-13-28-20(16-26)19-5-3-12-27-19/h4,6,14,17-20H,3,5,7-13,15-16H2,1-2H3,(H,23,24). The van der Waals surface area contributed by atoms with Crippen molar-refractivity contribution in [2.24, 2.45) is 10.9 Å². The molecule has 3 saturated heterocycles. The number of nitrogens with one attached hydrogen (secondary N) is 1. The lowest BCUT2D eigenvalue weighted by Crippen LogP contribution is -2.54. The number of hydrogen-bond acceptors (Lipinski definition) is 5. The third-order valence-corrected chi connectivity index (χ3v) is 7.54. The fourth-order valence-electron chi connectivity index (χ4n) is 4.74. The van der Waals surface area contributed by atoms with Crippen LogP contribution in [0.15, 0.2) is 22.5 Å². The Morgan fingerprint density at radius 1 is 1.21 bits per heavy atom. The van der Waals surface area contributed by atoms with E-state index >= 15 is 0 Å². The molecule has 4 rings (SSSR count). The van der Waals surface area contributed by atoms with Gasteiger partial charge in [-0.2, -0.15) is 0 Å². The average molecular weight is 421 g/mol. The van der Waals surface area contributed by atoms with Crippen molar-refractivity contribution in [3.63, 3.8) is 0 Å². The second-order valence-electron chi connectivity index (χ2n) is 8.58. The van der Waals surface area contributed by atoms with Crippen molar-refractivity contribution < 1.29 is 9.47 Å². The molecule has 7 heteroatoms. The second kappa shape index (κ2) is 10.2. The summed E-state index contributed by atoms with van der Waals surface area (Å²) in [7, 11) is 1.89. The summed E-state index contributed by atoms with van der Waals surface area (Å²) in [4.78, 5) is 11.0. The lowest BCUT2D eigenvalue weighted by atomic mass is 9.97. The maximum Gasteiger partial charge on any atom is 0.193 e. The molecule has 0 aliphatic carbocycles. The number of nitrogens with zero attached hydrogens (tertiary/aromatic N) is 3. The number of rotatable bonds is 5. The number of guanidine groups is 1. The number of morpholine rings is 1. The van der Waals surface area contributed by atoms with Crippen LogP contribution >= 0.6 is 11.3 Å². The Labute approximate surface area is 179 Å². The molecule has 1 aromatic heterocycles. The van der Waals surface area contributed by atoms with Crippen LogP contribution in [0.25, 0.3) is 0 Å². The molecule has 3 atom stereocenters. The molecule has 3 aliphatic heterocycles. The first-order chi connectivity index (χ1) is 14.2. The van der Waals surface area contributed by atoms with E-state index in [9.17, 15) is 0 Å². The molecule has 0 amide bonds. The van der Waals surface area contributed by atoms with Gasteiger partial charge in [0.2, 0.25) is 0 Å². The van der Waals surface area contributed by atoms with Gasteiger partial charge in [0.1, 0.15) is 6.10 Å². The van der Waals surface area contributed by atoms with Crippen LogP contribution in [-0.2, 0) is 9.47 Å². The quantitative estimate of drug-likeness (QED) is 0.586. The van der Waals surface area contributed by atoms with E-state index in [0.29, 0.717) is 6.04 Å². The Kier molecular flexibility index (Phi) is 7.45. The second-order valence-corrected chi connectivity index (χ2v) is 9.56. The van der Waals surface area contributed by atoms with E-state index in [-0.39, 0.29) is 12.2 Å². The van der Waals surface area contributed by atoms with E-state index in [1.165, 1.54) is 30.8 Å². The SMILES string of the molecule is CN=C(NCC(c1cccs1)N1CCC(C)CC1)N1CCOC(C2CCCO2)C1. The maximum atomic E-state index is 6.02. The summed E-state index contributed by atoms with van der Waals surface area (Å²) < 4.78 is 11.9. The highest BCUT2D eigenvalue weighted by atomic mass is 32.1. The normalized spacial score (nSPS) is 28.6. The number of piperidine rings is 1. The predicted molar refractivity (Wildman–Crippen MR) is 119 cm³/mol. The van der Waals surface area contributed by atoms with E-state index in [1.807, 2.05) is 18.4 Å². The number of aliphatic imine (C=N–C) groups is 1.